The van der Waals surface area contributed by atoms with Gasteiger partial charge in [-0.1, -0.05) is 41.9 Å². The summed E-state index contributed by atoms with van der Waals surface area (Å²) in [6.07, 6.45) is 0.830. The van der Waals surface area contributed by atoms with E-state index in [2.05, 4.69) is 21.2 Å². The third kappa shape index (κ3) is 3.80. The van der Waals surface area contributed by atoms with E-state index in [1.165, 1.54) is 6.07 Å². The summed E-state index contributed by atoms with van der Waals surface area (Å²) in [6, 6.07) is 4.92. The van der Waals surface area contributed by atoms with Crippen molar-refractivity contribution in [3.05, 3.63) is 35.1 Å². The fraction of sp³-hybridized carbons (Fsp3) is 0.500. The van der Waals surface area contributed by atoms with Crippen molar-refractivity contribution < 1.29 is 9.18 Å². The van der Waals surface area contributed by atoms with Crippen molar-refractivity contribution in [2.45, 2.75) is 33.2 Å². The molecule has 0 aromatic heterocycles. The van der Waals surface area contributed by atoms with Gasteiger partial charge in [0, 0.05) is 11.4 Å². The van der Waals surface area contributed by atoms with Crippen molar-refractivity contribution >= 4 is 21.8 Å². The number of rotatable bonds is 5. The van der Waals surface area contributed by atoms with Crippen LogP contribution in [0.2, 0.25) is 0 Å². The van der Waals surface area contributed by atoms with Crippen LogP contribution in [-0.4, -0.2) is 17.3 Å². The second kappa shape index (κ2) is 6.88. The van der Waals surface area contributed by atoms with Gasteiger partial charge in [0.25, 0.3) is 5.91 Å². The maximum atomic E-state index is 13.8. The van der Waals surface area contributed by atoms with Crippen LogP contribution in [0.15, 0.2) is 18.2 Å². The first-order valence-corrected chi connectivity index (χ1v) is 7.21. The number of benzene rings is 1. The molecule has 1 atom stereocenters. The molecule has 0 heterocycles. The summed E-state index contributed by atoms with van der Waals surface area (Å²) in [5, 5.41) is 3.70. The van der Waals surface area contributed by atoms with Crippen LogP contribution in [0.25, 0.3) is 0 Å². The number of nitrogens with one attached hydrogen (secondary N) is 1. The number of hydrogen-bond acceptors (Lipinski definition) is 1. The van der Waals surface area contributed by atoms with Gasteiger partial charge in [-0.15, -0.1) is 0 Å². The minimum Gasteiger partial charge on any atom is -0.349 e. The lowest BCUT2D eigenvalue weighted by atomic mass is 10.0. The Hall–Kier alpha value is -0.900. The first-order valence-electron chi connectivity index (χ1n) is 6.09. The topological polar surface area (TPSA) is 29.1 Å². The van der Waals surface area contributed by atoms with Crippen molar-refractivity contribution in [1.82, 2.24) is 5.32 Å². The SMILES string of the molecule is Cc1cccc(C(=O)NC(CCBr)C(C)C)c1F. The van der Waals surface area contributed by atoms with Gasteiger partial charge in [0.15, 0.2) is 0 Å². The Kier molecular flexibility index (Phi) is 5.79. The van der Waals surface area contributed by atoms with Gasteiger partial charge < -0.3 is 5.32 Å². The van der Waals surface area contributed by atoms with E-state index >= 15 is 0 Å². The molecule has 0 bridgehead atoms. The number of carbonyl (C=O) groups excluding carboxylic acids is 1. The number of hydrogen-bond donors (Lipinski definition) is 1. The van der Waals surface area contributed by atoms with E-state index in [9.17, 15) is 9.18 Å². The quantitative estimate of drug-likeness (QED) is 0.825. The highest BCUT2D eigenvalue weighted by molar-refractivity contribution is 9.09. The molecule has 100 valence electrons. The molecule has 0 saturated heterocycles. The minimum absolute atomic E-state index is 0.0526. The number of amides is 1. The Bertz CT molecular complexity index is 420. The molecule has 18 heavy (non-hydrogen) atoms. The van der Waals surface area contributed by atoms with Crippen LogP contribution >= 0.6 is 15.9 Å². The van der Waals surface area contributed by atoms with E-state index in [0.29, 0.717) is 11.5 Å². The van der Waals surface area contributed by atoms with E-state index in [4.69, 9.17) is 0 Å². The highest BCUT2D eigenvalue weighted by Crippen LogP contribution is 2.14. The average Bonchev–Trinajstić information content (AvgIpc) is 2.31. The van der Waals surface area contributed by atoms with Crippen LogP contribution in [0.5, 0.6) is 0 Å². The fourth-order valence-electron chi connectivity index (χ4n) is 1.76. The third-order valence-corrected chi connectivity index (χ3v) is 3.44. The third-order valence-electron chi connectivity index (χ3n) is 2.98. The maximum absolute atomic E-state index is 13.8. The molecular weight excluding hydrogens is 297 g/mol. The molecule has 1 rings (SSSR count). The average molecular weight is 316 g/mol. The van der Waals surface area contributed by atoms with Crippen molar-refractivity contribution in [2.75, 3.05) is 5.33 Å². The highest BCUT2D eigenvalue weighted by atomic mass is 79.9. The fourth-order valence-corrected chi connectivity index (χ4v) is 2.25. The zero-order valence-corrected chi connectivity index (χ0v) is 12.6. The highest BCUT2D eigenvalue weighted by Gasteiger charge is 2.19. The van der Waals surface area contributed by atoms with E-state index in [1.54, 1.807) is 19.1 Å². The van der Waals surface area contributed by atoms with Gasteiger partial charge in [0.1, 0.15) is 5.82 Å². The molecular formula is C14H19BrFNO. The Morgan fingerprint density at radius 3 is 2.67 bits per heavy atom. The van der Waals surface area contributed by atoms with Gasteiger partial charge in [-0.2, -0.15) is 0 Å². The van der Waals surface area contributed by atoms with Gasteiger partial charge in [-0.05, 0) is 30.9 Å². The predicted molar refractivity (Wildman–Crippen MR) is 75.6 cm³/mol. The molecule has 1 amide bonds. The summed E-state index contributed by atoms with van der Waals surface area (Å²) in [7, 11) is 0. The largest absolute Gasteiger partial charge is 0.349 e. The molecule has 0 aliphatic rings. The van der Waals surface area contributed by atoms with Crippen molar-refractivity contribution in [3.8, 4) is 0 Å². The van der Waals surface area contributed by atoms with Gasteiger partial charge in [0.2, 0.25) is 0 Å². The minimum atomic E-state index is -0.434. The molecule has 1 N–H and O–H groups in total. The molecule has 0 fully saturated rings. The number of aryl methyl sites for hydroxylation is 1. The summed E-state index contributed by atoms with van der Waals surface area (Å²) in [4.78, 5) is 12.0. The monoisotopic (exact) mass is 315 g/mol. The second-order valence-corrected chi connectivity index (χ2v) is 5.53. The summed E-state index contributed by atoms with van der Waals surface area (Å²) in [6.45, 7) is 5.74. The van der Waals surface area contributed by atoms with Crippen molar-refractivity contribution in [2.24, 2.45) is 5.92 Å². The number of carbonyl (C=O) groups is 1. The molecule has 0 saturated carbocycles. The molecule has 1 aromatic carbocycles. The Morgan fingerprint density at radius 1 is 1.44 bits per heavy atom. The summed E-state index contributed by atoms with van der Waals surface area (Å²) in [5.41, 5.74) is 0.611. The molecule has 0 radical (unpaired) electrons. The smallest absolute Gasteiger partial charge is 0.254 e. The standard InChI is InChI=1S/C14H19BrFNO/c1-9(2)12(7-8-15)17-14(18)11-6-4-5-10(3)13(11)16/h4-6,9,12H,7-8H2,1-3H3,(H,17,18). The van der Waals surface area contributed by atoms with E-state index in [1.807, 2.05) is 13.8 Å². The summed E-state index contributed by atoms with van der Waals surface area (Å²) in [5.74, 6) is -0.452. The summed E-state index contributed by atoms with van der Waals surface area (Å²) >= 11 is 3.37. The van der Waals surface area contributed by atoms with Crippen LogP contribution < -0.4 is 5.32 Å². The van der Waals surface area contributed by atoms with Crippen LogP contribution in [0.4, 0.5) is 4.39 Å². The van der Waals surface area contributed by atoms with E-state index in [-0.39, 0.29) is 17.5 Å². The molecule has 0 spiro atoms. The van der Waals surface area contributed by atoms with Crippen LogP contribution in [0.1, 0.15) is 36.2 Å². The molecule has 4 heteroatoms. The van der Waals surface area contributed by atoms with Crippen molar-refractivity contribution in [1.29, 1.82) is 0 Å². The maximum Gasteiger partial charge on any atom is 0.254 e. The first kappa shape index (κ1) is 15.2. The lowest BCUT2D eigenvalue weighted by Gasteiger charge is -2.21. The van der Waals surface area contributed by atoms with Crippen molar-refractivity contribution in [3.63, 3.8) is 0 Å². The summed E-state index contributed by atoms with van der Waals surface area (Å²) < 4.78 is 13.8. The van der Waals surface area contributed by atoms with Gasteiger partial charge >= 0.3 is 0 Å². The molecule has 0 aliphatic heterocycles. The molecule has 0 aliphatic carbocycles. The lowest BCUT2D eigenvalue weighted by molar-refractivity contribution is 0.0921. The van der Waals surface area contributed by atoms with Crippen LogP contribution in [0.3, 0.4) is 0 Å². The Labute approximate surface area is 116 Å². The number of halogens is 2. The predicted octanol–water partition coefficient (Wildman–Crippen LogP) is 3.67. The van der Waals surface area contributed by atoms with E-state index < -0.39 is 5.82 Å². The van der Waals surface area contributed by atoms with Crippen LogP contribution in [0, 0.1) is 18.7 Å². The molecule has 2 nitrogen and oxygen atoms in total. The van der Waals surface area contributed by atoms with E-state index in [0.717, 1.165) is 11.8 Å². The Morgan fingerprint density at radius 2 is 2.11 bits per heavy atom. The van der Waals surface area contributed by atoms with Gasteiger partial charge in [0.05, 0.1) is 5.56 Å². The van der Waals surface area contributed by atoms with Crippen LogP contribution in [-0.2, 0) is 0 Å². The zero-order chi connectivity index (χ0) is 13.7. The molecule has 1 unspecified atom stereocenters. The van der Waals surface area contributed by atoms with Gasteiger partial charge in [-0.3, -0.25) is 4.79 Å². The number of alkyl halides is 1. The first-order chi connectivity index (χ1) is 8.47. The molecule has 1 aromatic rings. The zero-order valence-electron chi connectivity index (χ0n) is 11.0. The normalized spacial score (nSPS) is 12.6. The van der Waals surface area contributed by atoms with Gasteiger partial charge in [-0.25, -0.2) is 4.39 Å². The Balaban J connectivity index is 2.84. The lowest BCUT2D eigenvalue weighted by Crippen LogP contribution is -2.39. The second-order valence-electron chi connectivity index (χ2n) is 4.74.